The van der Waals surface area contributed by atoms with Crippen LogP contribution < -0.4 is 0 Å². The first kappa shape index (κ1) is 7.98. The highest BCUT2D eigenvalue weighted by molar-refractivity contribution is 5.60. The quantitative estimate of drug-likeness (QED) is 0.619. The smallest absolute Gasteiger partial charge is 0.128 e. The van der Waals surface area contributed by atoms with Crippen molar-refractivity contribution in [1.82, 2.24) is 0 Å². The molecule has 72 valence electrons. The molecule has 1 heterocycles. The minimum atomic E-state index is -0.0866. The topological polar surface area (TPSA) is 26.3 Å². The van der Waals surface area contributed by atoms with Gasteiger partial charge in [-0.3, -0.25) is 0 Å². The molecule has 0 amide bonds. The average molecular weight is 180 g/mol. The van der Waals surface area contributed by atoms with Crippen molar-refractivity contribution in [3.8, 4) is 0 Å². The predicted molar refractivity (Wildman–Crippen MR) is 48.3 cm³/mol. The first-order valence-corrected chi connectivity index (χ1v) is 5.33. The minimum absolute atomic E-state index is 0.0866. The van der Waals surface area contributed by atoms with Crippen LogP contribution in [0.15, 0.2) is 0 Å². The van der Waals surface area contributed by atoms with Crippen molar-refractivity contribution in [2.45, 2.75) is 32.1 Å². The summed E-state index contributed by atoms with van der Waals surface area (Å²) in [6.07, 6.45) is 7.47. The zero-order valence-electron chi connectivity index (χ0n) is 7.92. The maximum absolute atomic E-state index is 11.0. The van der Waals surface area contributed by atoms with Crippen molar-refractivity contribution < 1.29 is 9.53 Å². The molecule has 1 aliphatic heterocycles. The third-order valence-electron chi connectivity index (χ3n) is 4.29. The van der Waals surface area contributed by atoms with Gasteiger partial charge in [-0.2, -0.15) is 0 Å². The van der Waals surface area contributed by atoms with Crippen LogP contribution in [-0.4, -0.2) is 19.5 Å². The molecule has 13 heavy (non-hydrogen) atoms. The molecule has 3 fully saturated rings. The number of carbonyl (C=O) groups is 1. The van der Waals surface area contributed by atoms with Gasteiger partial charge in [-0.05, 0) is 43.4 Å². The van der Waals surface area contributed by atoms with E-state index >= 15 is 0 Å². The van der Waals surface area contributed by atoms with E-state index in [0.29, 0.717) is 6.61 Å². The molecule has 2 unspecified atom stereocenters. The van der Waals surface area contributed by atoms with Crippen molar-refractivity contribution in [3.05, 3.63) is 0 Å². The third kappa shape index (κ3) is 1.15. The van der Waals surface area contributed by atoms with Crippen LogP contribution in [0.4, 0.5) is 0 Å². The van der Waals surface area contributed by atoms with Crippen LogP contribution in [0.3, 0.4) is 0 Å². The fourth-order valence-electron chi connectivity index (χ4n) is 2.91. The zero-order chi connectivity index (χ0) is 8.94. The van der Waals surface area contributed by atoms with E-state index in [4.69, 9.17) is 4.74 Å². The van der Waals surface area contributed by atoms with Gasteiger partial charge >= 0.3 is 0 Å². The monoisotopic (exact) mass is 180 g/mol. The van der Waals surface area contributed by atoms with Gasteiger partial charge in [0.2, 0.25) is 0 Å². The highest BCUT2D eigenvalue weighted by Crippen LogP contribution is 2.73. The fourth-order valence-corrected chi connectivity index (χ4v) is 2.91. The van der Waals surface area contributed by atoms with Crippen LogP contribution in [0.1, 0.15) is 32.1 Å². The van der Waals surface area contributed by atoms with E-state index in [1.807, 2.05) is 0 Å². The molecule has 0 aromatic heterocycles. The molecular weight excluding hydrogens is 164 g/mol. The highest BCUT2D eigenvalue weighted by atomic mass is 16.5. The normalized spacial score (nSPS) is 45.1. The minimum Gasteiger partial charge on any atom is -0.380 e. The number of rotatable bonds is 3. The Balaban J connectivity index is 1.65. The van der Waals surface area contributed by atoms with Crippen molar-refractivity contribution in [2.24, 2.45) is 16.7 Å². The van der Waals surface area contributed by atoms with Gasteiger partial charge in [0.25, 0.3) is 0 Å². The Labute approximate surface area is 78.6 Å². The van der Waals surface area contributed by atoms with Crippen molar-refractivity contribution in [1.29, 1.82) is 0 Å². The van der Waals surface area contributed by atoms with Gasteiger partial charge in [0.1, 0.15) is 6.29 Å². The van der Waals surface area contributed by atoms with Crippen LogP contribution >= 0.6 is 0 Å². The SMILES string of the molecule is O=CC1(CC2CC23CC3)CCOC1. The van der Waals surface area contributed by atoms with Crippen molar-refractivity contribution in [2.75, 3.05) is 13.2 Å². The zero-order valence-corrected chi connectivity index (χ0v) is 7.92. The van der Waals surface area contributed by atoms with E-state index in [9.17, 15) is 4.79 Å². The molecule has 0 radical (unpaired) electrons. The summed E-state index contributed by atoms with van der Waals surface area (Å²) < 4.78 is 5.34. The molecule has 0 aromatic rings. The molecule has 0 aromatic carbocycles. The highest BCUT2D eigenvalue weighted by Gasteiger charge is 2.63. The number of aldehydes is 1. The Morgan fingerprint density at radius 3 is 2.69 bits per heavy atom. The summed E-state index contributed by atoms with van der Waals surface area (Å²) in [5.74, 6) is 0.861. The first-order valence-electron chi connectivity index (χ1n) is 5.33. The molecule has 2 atom stereocenters. The maximum atomic E-state index is 11.0. The Morgan fingerprint density at radius 2 is 2.23 bits per heavy atom. The van der Waals surface area contributed by atoms with E-state index in [1.54, 1.807) is 0 Å². The second kappa shape index (κ2) is 2.35. The summed E-state index contributed by atoms with van der Waals surface area (Å²) in [6, 6.07) is 0. The molecule has 0 bridgehead atoms. The molecule has 1 spiro atoms. The largest absolute Gasteiger partial charge is 0.380 e. The Hall–Kier alpha value is -0.370. The lowest BCUT2D eigenvalue weighted by Gasteiger charge is -2.19. The number of hydrogen-bond donors (Lipinski definition) is 0. The molecule has 2 heteroatoms. The van der Waals surface area contributed by atoms with Gasteiger partial charge in [0.15, 0.2) is 0 Å². The van der Waals surface area contributed by atoms with Crippen LogP contribution in [0.2, 0.25) is 0 Å². The molecular formula is C11H16O2. The van der Waals surface area contributed by atoms with Crippen LogP contribution in [0.25, 0.3) is 0 Å². The van der Waals surface area contributed by atoms with Crippen LogP contribution in [0, 0.1) is 16.7 Å². The molecule has 3 aliphatic rings. The summed E-state index contributed by atoms with van der Waals surface area (Å²) in [6.45, 7) is 1.47. The summed E-state index contributed by atoms with van der Waals surface area (Å²) >= 11 is 0. The van der Waals surface area contributed by atoms with Gasteiger partial charge in [0, 0.05) is 6.61 Å². The number of carbonyl (C=O) groups excluding carboxylic acids is 1. The van der Waals surface area contributed by atoms with E-state index in [0.717, 1.165) is 37.1 Å². The number of ether oxygens (including phenoxy) is 1. The van der Waals surface area contributed by atoms with E-state index in [2.05, 4.69) is 0 Å². The van der Waals surface area contributed by atoms with Gasteiger partial charge < -0.3 is 9.53 Å². The molecule has 2 nitrogen and oxygen atoms in total. The fraction of sp³-hybridized carbons (Fsp3) is 0.909. The summed E-state index contributed by atoms with van der Waals surface area (Å²) in [5.41, 5.74) is 0.648. The van der Waals surface area contributed by atoms with Crippen LogP contribution in [-0.2, 0) is 9.53 Å². The second-order valence-corrected chi connectivity index (χ2v) is 5.25. The lowest BCUT2D eigenvalue weighted by molar-refractivity contribution is -0.116. The first-order chi connectivity index (χ1) is 6.29. The lowest BCUT2D eigenvalue weighted by Crippen LogP contribution is -2.23. The van der Waals surface area contributed by atoms with E-state index in [-0.39, 0.29) is 5.41 Å². The van der Waals surface area contributed by atoms with Crippen LogP contribution in [0.5, 0.6) is 0 Å². The molecule has 3 rings (SSSR count). The average Bonchev–Trinajstić information content (AvgIpc) is 3.00. The Kier molecular flexibility index (Phi) is 1.44. The van der Waals surface area contributed by atoms with E-state index in [1.165, 1.54) is 19.3 Å². The summed E-state index contributed by atoms with van der Waals surface area (Å²) in [7, 11) is 0. The molecule has 2 saturated carbocycles. The second-order valence-electron chi connectivity index (χ2n) is 5.25. The van der Waals surface area contributed by atoms with Gasteiger partial charge in [-0.15, -0.1) is 0 Å². The van der Waals surface area contributed by atoms with Gasteiger partial charge in [-0.25, -0.2) is 0 Å². The van der Waals surface area contributed by atoms with Crippen molar-refractivity contribution in [3.63, 3.8) is 0 Å². The van der Waals surface area contributed by atoms with Gasteiger partial charge in [-0.1, -0.05) is 0 Å². The Bertz CT molecular complexity index is 236. The van der Waals surface area contributed by atoms with Gasteiger partial charge in [0.05, 0.1) is 12.0 Å². The summed E-state index contributed by atoms with van der Waals surface area (Å²) in [4.78, 5) is 11.0. The maximum Gasteiger partial charge on any atom is 0.128 e. The Morgan fingerprint density at radius 1 is 1.38 bits per heavy atom. The van der Waals surface area contributed by atoms with Crippen molar-refractivity contribution >= 4 is 6.29 Å². The third-order valence-corrected chi connectivity index (χ3v) is 4.29. The predicted octanol–water partition coefficient (Wildman–Crippen LogP) is 1.78. The summed E-state index contributed by atoms with van der Waals surface area (Å²) in [5, 5.41) is 0. The molecule has 1 saturated heterocycles. The molecule has 2 aliphatic carbocycles. The standard InChI is InChI=1S/C11H16O2/c12-7-10(3-4-13-8-10)5-9-6-11(9)1-2-11/h7,9H,1-6,8H2. The lowest BCUT2D eigenvalue weighted by atomic mass is 9.83. The van der Waals surface area contributed by atoms with E-state index < -0.39 is 0 Å². The molecule has 0 N–H and O–H groups in total. The number of hydrogen-bond acceptors (Lipinski definition) is 2.